The number of carboxylic acid groups (broad SMARTS) is 1. The van der Waals surface area contributed by atoms with Gasteiger partial charge in [-0.15, -0.1) is 0 Å². The van der Waals surface area contributed by atoms with E-state index in [4.69, 9.17) is 9.84 Å². The van der Waals surface area contributed by atoms with E-state index in [2.05, 4.69) is 0 Å². The van der Waals surface area contributed by atoms with E-state index in [1.54, 1.807) is 0 Å². The van der Waals surface area contributed by atoms with Gasteiger partial charge < -0.3 is 14.9 Å². The molecule has 1 aliphatic heterocycles. The second-order valence-electron chi connectivity index (χ2n) is 6.12. The van der Waals surface area contributed by atoms with Crippen LogP contribution in [-0.4, -0.2) is 34.0 Å². The second kappa shape index (κ2) is 3.69. The first kappa shape index (κ1) is 11.5. The molecule has 0 amide bonds. The van der Waals surface area contributed by atoms with E-state index in [1.165, 1.54) is 6.42 Å². The van der Waals surface area contributed by atoms with Crippen LogP contribution in [0, 0.1) is 11.8 Å². The fourth-order valence-corrected chi connectivity index (χ4v) is 3.71. The number of hydrogen-bond acceptors (Lipinski definition) is 3. The average molecular weight is 240 g/mol. The molecule has 0 aromatic heterocycles. The van der Waals surface area contributed by atoms with Crippen molar-refractivity contribution < 1.29 is 19.7 Å². The summed E-state index contributed by atoms with van der Waals surface area (Å²) in [5.41, 5.74) is -0.692. The van der Waals surface area contributed by atoms with Gasteiger partial charge in [0.05, 0.1) is 17.1 Å². The van der Waals surface area contributed by atoms with E-state index >= 15 is 0 Å². The molecule has 96 valence electrons. The monoisotopic (exact) mass is 240 g/mol. The Hall–Kier alpha value is -0.610. The summed E-state index contributed by atoms with van der Waals surface area (Å²) in [4.78, 5) is 10.8. The van der Waals surface area contributed by atoms with Gasteiger partial charge in [-0.2, -0.15) is 0 Å². The Kier molecular flexibility index (Phi) is 2.49. The Bertz CT molecular complexity index is 328. The molecule has 3 aliphatic rings. The molecule has 1 spiro atoms. The van der Waals surface area contributed by atoms with Crippen molar-refractivity contribution in [3.8, 4) is 0 Å². The summed E-state index contributed by atoms with van der Waals surface area (Å²) < 4.78 is 5.84. The van der Waals surface area contributed by atoms with Crippen LogP contribution < -0.4 is 0 Å². The van der Waals surface area contributed by atoms with Crippen molar-refractivity contribution >= 4 is 5.97 Å². The van der Waals surface area contributed by atoms with E-state index in [9.17, 15) is 9.90 Å². The molecule has 1 atom stereocenters. The molecule has 0 radical (unpaired) electrons. The van der Waals surface area contributed by atoms with E-state index in [0.717, 1.165) is 32.3 Å². The summed E-state index contributed by atoms with van der Waals surface area (Å²) in [5, 5.41) is 19.4. The van der Waals surface area contributed by atoms with Gasteiger partial charge in [0.25, 0.3) is 0 Å². The molecule has 1 saturated heterocycles. The predicted molar refractivity (Wildman–Crippen MR) is 60.6 cm³/mol. The molecule has 2 saturated carbocycles. The highest BCUT2D eigenvalue weighted by molar-refractivity contribution is 5.71. The van der Waals surface area contributed by atoms with Crippen molar-refractivity contribution in [1.29, 1.82) is 0 Å². The molecule has 0 aromatic rings. The molecule has 3 fully saturated rings. The van der Waals surface area contributed by atoms with Crippen LogP contribution in [0.15, 0.2) is 0 Å². The zero-order chi connectivity index (χ0) is 12.1. The van der Waals surface area contributed by atoms with Gasteiger partial charge in [-0.05, 0) is 50.9 Å². The second-order valence-corrected chi connectivity index (χ2v) is 6.12. The van der Waals surface area contributed by atoms with Gasteiger partial charge in [0.15, 0.2) is 0 Å². The zero-order valence-corrected chi connectivity index (χ0v) is 10.0. The average Bonchev–Trinajstić information content (AvgIpc) is 2.22. The SMILES string of the molecule is O=C(O)C1CC(O)(C2CCOC3(CCC3)C2)C1. The Balaban J connectivity index is 1.63. The maximum Gasteiger partial charge on any atom is 0.306 e. The molecule has 17 heavy (non-hydrogen) atoms. The quantitative estimate of drug-likeness (QED) is 0.768. The van der Waals surface area contributed by atoms with Gasteiger partial charge in [-0.25, -0.2) is 0 Å². The first-order chi connectivity index (χ1) is 8.03. The summed E-state index contributed by atoms with van der Waals surface area (Å²) in [6.07, 6.45) is 6.12. The molecule has 2 N–H and O–H groups in total. The molecule has 0 aromatic carbocycles. The van der Waals surface area contributed by atoms with Gasteiger partial charge in [0.2, 0.25) is 0 Å². The van der Waals surface area contributed by atoms with Crippen LogP contribution in [0.3, 0.4) is 0 Å². The Labute approximate surface area is 101 Å². The van der Waals surface area contributed by atoms with Gasteiger partial charge in [-0.1, -0.05) is 0 Å². The molecule has 2 aliphatic carbocycles. The maximum absolute atomic E-state index is 10.8. The van der Waals surface area contributed by atoms with Crippen molar-refractivity contribution in [2.75, 3.05) is 6.61 Å². The molecular formula is C13H20O4. The van der Waals surface area contributed by atoms with Crippen molar-refractivity contribution in [3.63, 3.8) is 0 Å². The van der Waals surface area contributed by atoms with E-state index < -0.39 is 11.6 Å². The molecule has 3 rings (SSSR count). The fraction of sp³-hybridized carbons (Fsp3) is 0.923. The lowest BCUT2D eigenvalue weighted by Crippen LogP contribution is -2.57. The van der Waals surface area contributed by atoms with Crippen LogP contribution in [-0.2, 0) is 9.53 Å². The maximum atomic E-state index is 10.8. The molecule has 4 heteroatoms. The number of hydrogen-bond donors (Lipinski definition) is 2. The number of aliphatic carboxylic acids is 1. The number of ether oxygens (including phenoxy) is 1. The highest BCUT2D eigenvalue weighted by Gasteiger charge is 2.55. The van der Waals surface area contributed by atoms with E-state index in [1.807, 2.05) is 0 Å². The Morgan fingerprint density at radius 1 is 1.24 bits per heavy atom. The molecule has 1 unspecified atom stereocenters. The van der Waals surface area contributed by atoms with Gasteiger partial charge in [0, 0.05) is 6.61 Å². The lowest BCUT2D eigenvalue weighted by atomic mass is 9.59. The highest BCUT2D eigenvalue weighted by Crippen LogP contribution is 2.52. The summed E-state index contributed by atoms with van der Waals surface area (Å²) >= 11 is 0. The predicted octanol–water partition coefficient (Wildman–Crippen LogP) is 1.56. The number of carbonyl (C=O) groups is 1. The van der Waals surface area contributed by atoms with Crippen LogP contribution in [0.5, 0.6) is 0 Å². The molecule has 0 bridgehead atoms. The Morgan fingerprint density at radius 3 is 2.47 bits per heavy atom. The third-order valence-electron chi connectivity index (χ3n) is 5.07. The normalized spacial score (nSPS) is 43.8. The standard InChI is InChI=1S/C13H20O4/c14-11(15)9-6-13(16,7-9)10-2-5-17-12(8-10)3-1-4-12/h9-10,16H,1-8H2,(H,14,15). The Morgan fingerprint density at radius 2 is 1.94 bits per heavy atom. The molecule has 1 heterocycles. The minimum absolute atomic E-state index is 0.0347. The lowest BCUT2D eigenvalue weighted by Gasteiger charge is -2.54. The largest absolute Gasteiger partial charge is 0.481 e. The van der Waals surface area contributed by atoms with Crippen LogP contribution in [0.1, 0.15) is 44.9 Å². The summed E-state index contributed by atoms with van der Waals surface area (Å²) in [6, 6.07) is 0. The van der Waals surface area contributed by atoms with Crippen LogP contribution in [0.2, 0.25) is 0 Å². The minimum Gasteiger partial charge on any atom is -0.481 e. The molecular weight excluding hydrogens is 220 g/mol. The lowest BCUT2D eigenvalue weighted by molar-refractivity contribution is -0.205. The highest BCUT2D eigenvalue weighted by atomic mass is 16.5. The third-order valence-corrected chi connectivity index (χ3v) is 5.07. The van der Waals surface area contributed by atoms with Crippen molar-refractivity contribution in [1.82, 2.24) is 0 Å². The third kappa shape index (κ3) is 1.78. The number of carboxylic acids is 1. The first-order valence-electron chi connectivity index (χ1n) is 6.62. The van der Waals surface area contributed by atoms with Crippen molar-refractivity contribution in [2.45, 2.75) is 56.1 Å². The zero-order valence-electron chi connectivity index (χ0n) is 10.0. The summed E-state index contributed by atoms with van der Waals surface area (Å²) in [5.74, 6) is -0.854. The van der Waals surface area contributed by atoms with E-state index in [0.29, 0.717) is 12.8 Å². The molecule has 4 nitrogen and oxygen atoms in total. The van der Waals surface area contributed by atoms with Gasteiger partial charge in [0.1, 0.15) is 0 Å². The summed E-state index contributed by atoms with van der Waals surface area (Å²) in [6.45, 7) is 0.727. The van der Waals surface area contributed by atoms with Crippen LogP contribution in [0.25, 0.3) is 0 Å². The van der Waals surface area contributed by atoms with Crippen LogP contribution in [0.4, 0.5) is 0 Å². The van der Waals surface area contributed by atoms with Crippen molar-refractivity contribution in [2.24, 2.45) is 11.8 Å². The minimum atomic E-state index is -0.764. The smallest absolute Gasteiger partial charge is 0.306 e. The van der Waals surface area contributed by atoms with Gasteiger partial charge >= 0.3 is 5.97 Å². The van der Waals surface area contributed by atoms with Crippen LogP contribution >= 0.6 is 0 Å². The topological polar surface area (TPSA) is 66.8 Å². The van der Waals surface area contributed by atoms with E-state index in [-0.39, 0.29) is 17.4 Å². The summed E-state index contributed by atoms with van der Waals surface area (Å²) in [7, 11) is 0. The number of rotatable bonds is 2. The van der Waals surface area contributed by atoms with Gasteiger partial charge in [-0.3, -0.25) is 4.79 Å². The first-order valence-corrected chi connectivity index (χ1v) is 6.62. The van der Waals surface area contributed by atoms with Crippen molar-refractivity contribution in [3.05, 3.63) is 0 Å². The number of aliphatic hydroxyl groups is 1. The fourth-order valence-electron chi connectivity index (χ4n) is 3.71.